The minimum Gasteiger partial charge on any atom is -0.328 e. The molecular formula is C12H22N2. The molecule has 0 aromatic carbocycles. The number of piperidine rings is 1. The summed E-state index contributed by atoms with van der Waals surface area (Å²) in [6, 6.07) is 1.17. The van der Waals surface area contributed by atoms with Crippen molar-refractivity contribution in [3.8, 4) is 12.3 Å². The number of rotatable bonds is 2. The molecule has 2 nitrogen and oxygen atoms in total. The van der Waals surface area contributed by atoms with Gasteiger partial charge in [-0.25, -0.2) is 0 Å². The van der Waals surface area contributed by atoms with Crippen LogP contribution in [0.15, 0.2) is 0 Å². The molecule has 80 valence electrons. The summed E-state index contributed by atoms with van der Waals surface area (Å²) in [5.41, 5.74) is 5.93. The fourth-order valence-corrected chi connectivity index (χ4v) is 2.31. The first-order chi connectivity index (χ1) is 6.56. The molecule has 1 saturated heterocycles. The zero-order valence-corrected chi connectivity index (χ0v) is 9.53. The molecule has 0 aromatic rings. The fourth-order valence-electron chi connectivity index (χ4n) is 2.31. The molecule has 0 saturated carbocycles. The first-order valence-corrected chi connectivity index (χ1v) is 5.53. The topological polar surface area (TPSA) is 29.3 Å². The van der Waals surface area contributed by atoms with Crippen molar-refractivity contribution in [2.45, 2.75) is 51.7 Å². The molecule has 0 radical (unpaired) electrons. The summed E-state index contributed by atoms with van der Waals surface area (Å²) in [6.07, 6.45) is 7.73. The minimum atomic E-state index is 0.275. The summed E-state index contributed by atoms with van der Waals surface area (Å²) >= 11 is 0. The van der Waals surface area contributed by atoms with E-state index < -0.39 is 0 Å². The van der Waals surface area contributed by atoms with E-state index >= 15 is 0 Å². The van der Waals surface area contributed by atoms with Crippen molar-refractivity contribution in [1.82, 2.24) is 4.90 Å². The van der Waals surface area contributed by atoms with Crippen molar-refractivity contribution in [2.75, 3.05) is 6.54 Å². The molecule has 1 heterocycles. The Hall–Kier alpha value is -0.520. The summed E-state index contributed by atoms with van der Waals surface area (Å²) in [4.78, 5) is 2.42. The smallest absolute Gasteiger partial charge is 0.0737 e. The van der Waals surface area contributed by atoms with Crippen LogP contribution >= 0.6 is 0 Å². The van der Waals surface area contributed by atoms with Crippen LogP contribution in [-0.2, 0) is 0 Å². The molecule has 1 aliphatic rings. The molecule has 3 unspecified atom stereocenters. The lowest BCUT2D eigenvalue weighted by molar-refractivity contribution is 0.0998. The summed E-state index contributed by atoms with van der Waals surface area (Å²) in [5.74, 6) is 3.43. The maximum absolute atomic E-state index is 5.93. The van der Waals surface area contributed by atoms with E-state index in [0.717, 1.165) is 19.4 Å². The monoisotopic (exact) mass is 194 g/mol. The van der Waals surface area contributed by atoms with Gasteiger partial charge in [0.05, 0.1) is 6.04 Å². The Labute approximate surface area is 87.8 Å². The quantitative estimate of drug-likeness (QED) is 0.674. The second kappa shape index (κ2) is 4.82. The third-order valence-corrected chi connectivity index (χ3v) is 3.13. The maximum atomic E-state index is 5.93. The van der Waals surface area contributed by atoms with Gasteiger partial charge < -0.3 is 5.73 Å². The highest BCUT2D eigenvalue weighted by Crippen LogP contribution is 2.21. The first-order valence-electron chi connectivity index (χ1n) is 5.53. The average Bonchev–Trinajstić information content (AvgIpc) is 2.09. The van der Waals surface area contributed by atoms with Gasteiger partial charge in [0.25, 0.3) is 0 Å². The molecular weight excluding hydrogens is 172 g/mol. The average molecular weight is 194 g/mol. The first kappa shape index (κ1) is 11.6. The normalized spacial score (nSPS) is 31.4. The Balaban J connectivity index is 2.63. The molecule has 3 atom stereocenters. The van der Waals surface area contributed by atoms with Gasteiger partial charge in [-0.15, -0.1) is 6.42 Å². The van der Waals surface area contributed by atoms with E-state index in [9.17, 15) is 0 Å². The van der Waals surface area contributed by atoms with Crippen molar-refractivity contribution in [2.24, 2.45) is 11.7 Å². The van der Waals surface area contributed by atoms with Gasteiger partial charge in [-0.2, -0.15) is 0 Å². The SMILES string of the molecule is C#CC(C(C)C)N1CCC(N)CC1C. The van der Waals surface area contributed by atoms with Crippen LogP contribution in [0.1, 0.15) is 33.6 Å². The van der Waals surface area contributed by atoms with Crippen LogP contribution in [0.4, 0.5) is 0 Å². The van der Waals surface area contributed by atoms with Crippen molar-refractivity contribution in [3.63, 3.8) is 0 Å². The Bertz CT molecular complexity index is 217. The van der Waals surface area contributed by atoms with E-state index in [1.807, 2.05) is 0 Å². The Morgan fingerprint density at radius 2 is 2.14 bits per heavy atom. The van der Waals surface area contributed by atoms with Crippen LogP contribution in [-0.4, -0.2) is 29.6 Å². The van der Waals surface area contributed by atoms with Gasteiger partial charge in [-0.1, -0.05) is 19.8 Å². The van der Waals surface area contributed by atoms with E-state index in [0.29, 0.717) is 18.0 Å². The molecule has 14 heavy (non-hydrogen) atoms. The van der Waals surface area contributed by atoms with Gasteiger partial charge in [-0.3, -0.25) is 4.90 Å². The van der Waals surface area contributed by atoms with Gasteiger partial charge in [0, 0.05) is 18.6 Å². The highest BCUT2D eigenvalue weighted by atomic mass is 15.2. The van der Waals surface area contributed by atoms with E-state index in [1.54, 1.807) is 0 Å². The molecule has 2 N–H and O–H groups in total. The van der Waals surface area contributed by atoms with Gasteiger partial charge in [0.15, 0.2) is 0 Å². The highest BCUT2D eigenvalue weighted by molar-refractivity contribution is 5.04. The fraction of sp³-hybridized carbons (Fsp3) is 0.833. The van der Waals surface area contributed by atoms with Crippen LogP contribution in [0.25, 0.3) is 0 Å². The molecule has 0 amide bonds. The zero-order chi connectivity index (χ0) is 10.7. The second-order valence-electron chi connectivity index (χ2n) is 4.73. The Kier molecular flexibility index (Phi) is 3.97. The molecule has 0 aliphatic carbocycles. The van der Waals surface area contributed by atoms with Crippen LogP contribution in [0, 0.1) is 18.3 Å². The Morgan fingerprint density at radius 3 is 2.57 bits per heavy atom. The molecule has 0 aromatic heterocycles. The summed E-state index contributed by atoms with van der Waals surface area (Å²) in [5, 5.41) is 0. The molecule has 0 spiro atoms. The van der Waals surface area contributed by atoms with Gasteiger partial charge in [0.1, 0.15) is 0 Å². The van der Waals surface area contributed by atoms with Gasteiger partial charge in [-0.05, 0) is 25.7 Å². The van der Waals surface area contributed by atoms with Crippen LogP contribution in [0.2, 0.25) is 0 Å². The lowest BCUT2D eigenvalue weighted by atomic mass is 9.93. The van der Waals surface area contributed by atoms with E-state index in [2.05, 4.69) is 31.6 Å². The lowest BCUT2D eigenvalue weighted by Crippen LogP contribution is -2.51. The van der Waals surface area contributed by atoms with Crippen molar-refractivity contribution in [3.05, 3.63) is 0 Å². The predicted molar refractivity (Wildman–Crippen MR) is 60.8 cm³/mol. The van der Waals surface area contributed by atoms with Crippen molar-refractivity contribution in [1.29, 1.82) is 0 Å². The second-order valence-corrected chi connectivity index (χ2v) is 4.73. The third kappa shape index (κ3) is 2.50. The van der Waals surface area contributed by atoms with Gasteiger partial charge >= 0.3 is 0 Å². The number of likely N-dealkylation sites (tertiary alicyclic amines) is 1. The number of hydrogen-bond donors (Lipinski definition) is 1. The van der Waals surface area contributed by atoms with Crippen LogP contribution in [0.3, 0.4) is 0 Å². The van der Waals surface area contributed by atoms with Crippen LogP contribution < -0.4 is 5.73 Å². The van der Waals surface area contributed by atoms with Crippen molar-refractivity contribution < 1.29 is 0 Å². The lowest BCUT2D eigenvalue weighted by Gasteiger charge is -2.41. The van der Waals surface area contributed by atoms with Gasteiger partial charge in [0.2, 0.25) is 0 Å². The van der Waals surface area contributed by atoms with Crippen molar-refractivity contribution >= 4 is 0 Å². The molecule has 1 aliphatic heterocycles. The minimum absolute atomic E-state index is 0.275. The largest absolute Gasteiger partial charge is 0.328 e. The maximum Gasteiger partial charge on any atom is 0.0737 e. The predicted octanol–water partition coefficient (Wildman–Crippen LogP) is 1.46. The number of nitrogens with two attached hydrogens (primary N) is 1. The van der Waals surface area contributed by atoms with E-state index in [1.165, 1.54) is 0 Å². The summed E-state index contributed by atoms with van der Waals surface area (Å²) in [6.45, 7) is 7.65. The number of hydrogen-bond acceptors (Lipinski definition) is 2. The summed E-state index contributed by atoms with van der Waals surface area (Å²) < 4.78 is 0. The van der Waals surface area contributed by atoms with E-state index in [4.69, 9.17) is 12.2 Å². The summed E-state index contributed by atoms with van der Waals surface area (Å²) in [7, 11) is 0. The van der Waals surface area contributed by atoms with Crippen LogP contribution in [0.5, 0.6) is 0 Å². The van der Waals surface area contributed by atoms with E-state index in [-0.39, 0.29) is 6.04 Å². The molecule has 0 bridgehead atoms. The number of terminal acetylenes is 1. The molecule has 1 rings (SSSR count). The zero-order valence-electron chi connectivity index (χ0n) is 9.53. The molecule has 1 fully saturated rings. The highest BCUT2D eigenvalue weighted by Gasteiger charge is 2.29. The number of nitrogens with zero attached hydrogens (tertiary/aromatic N) is 1. The Morgan fingerprint density at radius 1 is 1.50 bits per heavy atom. The standard InChI is InChI=1S/C12H22N2/c1-5-12(9(2)3)14-7-6-11(13)8-10(14)4/h1,9-12H,6-8,13H2,2-4H3. The third-order valence-electron chi connectivity index (χ3n) is 3.13. The molecule has 2 heteroatoms.